The molecular weight excluding hydrogens is 228 g/mol. The first-order chi connectivity index (χ1) is 8.76. The van der Waals surface area contributed by atoms with Crippen molar-refractivity contribution in [1.29, 1.82) is 0 Å². The van der Waals surface area contributed by atoms with Gasteiger partial charge in [-0.1, -0.05) is 6.92 Å². The molecule has 2 aromatic rings. The molecule has 0 spiro atoms. The van der Waals surface area contributed by atoms with E-state index in [1.807, 2.05) is 19.1 Å². The molecule has 0 fully saturated rings. The third-order valence-corrected chi connectivity index (χ3v) is 3.11. The van der Waals surface area contributed by atoms with E-state index < -0.39 is 0 Å². The Morgan fingerprint density at radius 1 is 1.39 bits per heavy atom. The molecule has 18 heavy (non-hydrogen) atoms. The summed E-state index contributed by atoms with van der Waals surface area (Å²) in [4.78, 5) is 18.7. The molecule has 92 valence electrons. The number of fused-ring (bicyclic) bond motifs is 1. The van der Waals surface area contributed by atoms with Crippen LogP contribution in [-0.2, 0) is 12.8 Å². The van der Waals surface area contributed by atoms with Gasteiger partial charge < -0.3 is 9.72 Å². The highest BCUT2D eigenvalue weighted by molar-refractivity contribution is 5.62. The van der Waals surface area contributed by atoms with Crippen LogP contribution in [0.15, 0.2) is 29.1 Å². The zero-order valence-corrected chi connectivity index (χ0v) is 10.2. The normalized spacial score (nSPS) is 13.2. The van der Waals surface area contributed by atoms with Gasteiger partial charge in [-0.05, 0) is 23.8 Å². The molecule has 0 aliphatic carbocycles. The molecule has 0 radical (unpaired) electrons. The predicted molar refractivity (Wildman–Crippen MR) is 68.9 cm³/mol. The third kappa shape index (κ3) is 1.90. The average molecular weight is 242 g/mol. The summed E-state index contributed by atoms with van der Waals surface area (Å²) in [5.74, 6) is 1.66. The number of aryl methyl sites for hydroxylation is 1. The number of aromatic amines is 1. The van der Waals surface area contributed by atoms with Crippen LogP contribution < -0.4 is 10.3 Å². The number of ether oxygens (including phenoxy) is 1. The minimum Gasteiger partial charge on any atom is -0.493 e. The zero-order chi connectivity index (χ0) is 12.5. The first-order valence-electron chi connectivity index (χ1n) is 6.12. The van der Waals surface area contributed by atoms with Crippen molar-refractivity contribution in [3.05, 3.63) is 46.0 Å². The monoisotopic (exact) mass is 242 g/mol. The zero-order valence-electron chi connectivity index (χ0n) is 10.2. The molecule has 1 N–H and O–H groups in total. The summed E-state index contributed by atoms with van der Waals surface area (Å²) < 4.78 is 5.47. The molecule has 0 unspecified atom stereocenters. The Morgan fingerprint density at radius 2 is 2.28 bits per heavy atom. The highest BCUT2D eigenvalue weighted by Gasteiger charge is 2.13. The smallest absolute Gasteiger partial charge is 0.251 e. The molecule has 3 rings (SSSR count). The Hall–Kier alpha value is -2.10. The lowest BCUT2D eigenvalue weighted by Gasteiger charge is -2.05. The fourth-order valence-corrected chi connectivity index (χ4v) is 2.17. The van der Waals surface area contributed by atoms with Gasteiger partial charge in [-0.15, -0.1) is 0 Å². The van der Waals surface area contributed by atoms with E-state index in [0.29, 0.717) is 5.82 Å². The van der Waals surface area contributed by atoms with Crippen molar-refractivity contribution in [2.75, 3.05) is 6.61 Å². The number of hydrogen-bond acceptors (Lipinski definition) is 3. The highest BCUT2D eigenvalue weighted by Crippen LogP contribution is 2.29. The Bertz CT molecular complexity index is 646. The second-order valence-corrected chi connectivity index (χ2v) is 4.35. The summed E-state index contributed by atoms with van der Waals surface area (Å²) in [6.07, 6.45) is 1.64. The summed E-state index contributed by atoms with van der Waals surface area (Å²) >= 11 is 0. The molecule has 1 aliphatic heterocycles. The molecule has 0 atom stereocenters. The maximum Gasteiger partial charge on any atom is 0.251 e. The van der Waals surface area contributed by atoms with E-state index in [-0.39, 0.29) is 5.56 Å². The molecule has 1 aromatic carbocycles. The molecule has 4 heteroatoms. The van der Waals surface area contributed by atoms with Crippen LogP contribution in [0.3, 0.4) is 0 Å². The Kier molecular flexibility index (Phi) is 2.63. The topological polar surface area (TPSA) is 55.0 Å². The van der Waals surface area contributed by atoms with E-state index in [9.17, 15) is 4.79 Å². The average Bonchev–Trinajstić information content (AvgIpc) is 2.85. The van der Waals surface area contributed by atoms with Crippen LogP contribution in [0.5, 0.6) is 5.75 Å². The van der Waals surface area contributed by atoms with Crippen molar-refractivity contribution in [3.8, 4) is 17.0 Å². The van der Waals surface area contributed by atoms with Crippen molar-refractivity contribution in [3.63, 3.8) is 0 Å². The second kappa shape index (κ2) is 4.29. The SMILES string of the molecule is CCc1nc(-c2ccc3c(c2)CCO3)cc(=O)[nH]1. The highest BCUT2D eigenvalue weighted by atomic mass is 16.5. The summed E-state index contributed by atoms with van der Waals surface area (Å²) in [5.41, 5.74) is 2.78. The van der Waals surface area contributed by atoms with E-state index in [4.69, 9.17) is 4.74 Å². The van der Waals surface area contributed by atoms with Gasteiger partial charge >= 0.3 is 0 Å². The molecular formula is C14H14N2O2. The number of benzene rings is 1. The van der Waals surface area contributed by atoms with Gasteiger partial charge in [0, 0.05) is 24.5 Å². The van der Waals surface area contributed by atoms with Gasteiger partial charge in [-0.2, -0.15) is 0 Å². The number of hydrogen-bond donors (Lipinski definition) is 1. The van der Waals surface area contributed by atoms with Gasteiger partial charge in [-0.25, -0.2) is 4.98 Å². The number of rotatable bonds is 2. The second-order valence-electron chi connectivity index (χ2n) is 4.35. The standard InChI is InChI=1S/C14H14N2O2/c1-2-13-15-11(8-14(17)16-13)9-3-4-12-10(7-9)5-6-18-12/h3-4,7-8H,2,5-6H2,1H3,(H,15,16,17). The van der Waals surface area contributed by atoms with Crippen LogP contribution in [-0.4, -0.2) is 16.6 Å². The molecule has 0 bridgehead atoms. The summed E-state index contributed by atoms with van der Waals surface area (Å²) in [5, 5.41) is 0. The fourth-order valence-electron chi connectivity index (χ4n) is 2.17. The lowest BCUT2D eigenvalue weighted by Crippen LogP contribution is -2.10. The lowest BCUT2D eigenvalue weighted by atomic mass is 10.1. The Labute approximate surface area is 105 Å². The fraction of sp³-hybridized carbons (Fsp3) is 0.286. The molecule has 0 saturated carbocycles. The predicted octanol–water partition coefficient (Wildman–Crippen LogP) is 1.93. The largest absolute Gasteiger partial charge is 0.493 e. The molecule has 0 amide bonds. The van der Waals surface area contributed by atoms with Gasteiger partial charge in [0.1, 0.15) is 11.6 Å². The van der Waals surface area contributed by atoms with Crippen LogP contribution in [0.25, 0.3) is 11.3 Å². The van der Waals surface area contributed by atoms with E-state index >= 15 is 0 Å². The summed E-state index contributed by atoms with van der Waals surface area (Å²) in [6, 6.07) is 7.50. The van der Waals surface area contributed by atoms with Gasteiger partial charge in [-0.3, -0.25) is 4.79 Å². The van der Waals surface area contributed by atoms with Crippen molar-refractivity contribution in [1.82, 2.24) is 9.97 Å². The van der Waals surface area contributed by atoms with Crippen LogP contribution in [0.1, 0.15) is 18.3 Å². The third-order valence-electron chi connectivity index (χ3n) is 3.11. The number of aromatic nitrogens is 2. The van der Waals surface area contributed by atoms with E-state index in [0.717, 1.165) is 36.5 Å². The van der Waals surface area contributed by atoms with Crippen LogP contribution >= 0.6 is 0 Å². The minimum absolute atomic E-state index is 0.103. The van der Waals surface area contributed by atoms with Crippen LogP contribution in [0.4, 0.5) is 0 Å². The lowest BCUT2D eigenvalue weighted by molar-refractivity contribution is 0.357. The van der Waals surface area contributed by atoms with Crippen molar-refractivity contribution < 1.29 is 4.74 Å². The van der Waals surface area contributed by atoms with Gasteiger partial charge in [0.05, 0.1) is 12.3 Å². The molecule has 0 saturated heterocycles. The van der Waals surface area contributed by atoms with Gasteiger partial charge in [0.25, 0.3) is 5.56 Å². The van der Waals surface area contributed by atoms with Crippen molar-refractivity contribution >= 4 is 0 Å². The molecule has 1 aromatic heterocycles. The van der Waals surface area contributed by atoms with E-state index in [2.05, 4.69) is 16.0 Å². The van der Waals surface area contributed by atoms with Crippen molar-refractivity contribution in [2.24, 2.45) is 0 Å². The quantitative estimate of drug-likeness (QED) is 0.875. The summed E-state index contributed by atoms with van der Waals surface area (Å²) in [6.45, 7) is 2.71. The van der Waals surface area contributed by atoms with Crippen LogP contribution in [0, 0.1) is 0 Å². The maximum absolute atomic E-state index is 11.6. The van der Waals surface area contributed by atoms with E-state index in [1.54, 1.807) is 0 Å². The van der Waals surface area contributed by atoms with Gasteiger partial charge in [0.2, 0.25) is 0 Å². The van der Waals surface area contributed by atoms with E-state index in [1.165, 1.54) is 11.6 Å². The maximum atomic E-state index is 11.6. The summed E-state index contributed by atoms with van der Waals surface area (Å²) in [7, 11) is 0. The molecule has 1 aliphatic rings. The Morgan fingerprint density at radius 3 is 3.11 bits per heavy atom. The number of nitrogens with zero attached hydrogens (tertiary/aromatic N) is 1. The van der Waals surface area contributed by atoms with Crippen molar-refractivity contribution in [2.45, 2.75) is 19.8 Å². The first-order valence-corrected chi connectivity index (χ1v) is 6.12. The number of H-pyrrole nitrogens is 1. The van der Waals surface area contributed by atoms with Crippen LogP contribution in [0.2, 0.25) is 0 Å². The number of nitrogens with one attached hydrogen (secondary N) is 1. The molecule has 4 nitrogen and oxygen atoms in total. The first kappa shape index (κ1) is 11.0. The Balaban J connectivity index is 2.09. The minimum atomic E-state index is -0.103. The van der Waals surface area contributed by atoms with Gasteiger partial charge in [0.15, 0.2) is 0 Å². The molecule has 2 heterocycles.